The number of amides is 1. The van der Waals surface area contributed by atoms with Crippen molar-refractivity contribution in [2.45, 2.75) is 13.0 Å². The Balaban J connectivity index is 2.77. The number of pyridine rings is 1. The Hall–Kier alpha value is -2.24. The molecule has 0 aromatic carbocycles. The minimum absolute atomic E-state index is 0.114. The first-order valence-electron chi connectivity index (χ1n) is 5.51. The number of carbonyl (C=O) groups excluding carboxylic acids is 1. The molecule has 0 aliphatic carbocycles. The molecule has 96 valence electrons. The molecule has 3 N–H and O–H groups in total. The lowest BCUT2D eigenvalue weighted by molar-refractivity contribution is -0.115. The zero-order valence-corrected chi connectivity index (χ0v) is 10.7. The number of nitrogens with one attached hydrogen (secondary N) is 1. The highest BCUT2D eigenvalue weighted by Gasteiger charge is 2.17. The predicted octanol–water partition coefficient (Wildman–Crippen LogP) is 0.317. The predicted molar refractivity (Wildman–Crippen MR) is 71.7 cm³/mol. The van der Waals surface area contributed by atoms with Gasteiger partial charge >= 0.3 is 0 Å². The molecule has 1 aromatic rings. The average molecular weight is 247 g/mol. The van der Waals surface area contributed by atoms with Crippen LogP contribution in [-0.2, 0) is 4.79 Å². The largest absolute Gasteiger partial charge is 0.382 e. The molecule has 0 aliphatic rings. The molecule has 1 aromatic heterocycles. The minimum Gasteiger partial charge on any atom is -0.382 e. The Bertz CT molecular complexity index is 467. The maximum absolute atomic E-state index is 11.9. The van der Waals surface area contributed by atoms with E-state index in [-0.39, 0.29) is 23.5 Å². The van der Waals surface area contributed by atoms with Crippen LogP contribution in [0, 0.1) is 0 Å². The molecular weight excluding hydrogens is 230 g/mol. The number of carbonyl (C=O) groups is 1. The van der Waals surface area contributed by atoms with Crippen molar-refractivity contribution in [3.05, 3.63) is 30.1 Å². The van der Waals surface area contributed by atoms with Crippen LogP contribution in [0.4, 0.5) is 0 Å². The van der Waals surface area contributed by atoms with E-state index >= 15 is 0 Å². The molecule has 18 heavy (non-hydrogen) atoms. The number of aliphatic imine (C=N–C) groups is 2. The second-order valence-corrected chi connectivity index (χ2v) is 3.63. The highest BCUT2D eigenvalue weighted by molar-refractivity contribution is 6.66. The first kappa shape index (κ1) is 13.8. The number of hydrogen-bond acceptors (Lipinski definition) is 4. The highest BCUT2D eigenvalue weighted by atomic mass is 16.2. The van der Waals surface area contributed by atoms with Crippen LogP contribution in [0.3, 0.4) is 0 Å². The van der Waals surface area contributed by atoms with E-state index in [1.54, 1.807) is 6.20 Å². The van der Waals surface area contributed by atoms with Crippen molar-refractivity contribution in [2.75, 3.05) is 14.1 Å². The van der Waals surface area contributed by atoms with Crippen molar-refractivity contribution >= 4 is 17.5 Å². The van der Waals surface area contributed by atoms with Crippen LogP contribution in [0.1, 0.15) is 18.7 Å². The maximum Gasteiger partial charge on any atom is 0.273 e. The molecule has 1 heterocycles. The Morgan fingerprint density at radius 3 is 2.61 bits per heavy atom. The van der Waals surface area contributed by atoms with Crippen molar-refractivity contribution in [3.8, 4) is 0 Å². The van der Waals surface area contributed by atoms with Crippen molar-refractivity contribution in [1.29, 1.82) is 0 Å². The monoisotopic (exact) mass is 247 g/mol. The fourth-order valence-corrected chi connectivity index (χ4v) is 1.41. The SMILES string of the molecule is C/N=C(N)\C(=N/C)C(=O)N[C@H](C)c1ccccn1. The van der Waals surface area contributed by atoms with E-state index in [0.717, 1.165) is 5.69 Å². The van der Waals surface area contributed by atoms with Gasteiger partial charge in [0.25, 0.3) is 5.91 Å². The van der Waals surface area contributed by atoms with Crippen LogP contribution >= 0.6 is 0 Å². The molecular formula is C12H17N5O. The van der Waals surface area contributed by atoms with Crippen LogP contribution in [0.15, 0.2) is 34.4 Å². The van der Waals surface area contributed by atoms with Gasteiger partial charge in [-0.15, -0.1) is 0 Å². The molecule has 6 heteroatoms. The van der Waals surface area contributed by atoms with Crippen molar-refractivity contribution in [3.63, 3.8) is 0 Å². The van der Waals surface area contributed by atoms with Crippen LogP contribution in [-0.4, -0.2) is 36.5 Å². The Labute approximate surface area is 106 Å². The highest BCUT2D eigenvalue weighted by Crippen LogP contribution is 2.07. The molecule has 0 radical (unpaired) electrons. The Morgan fingerprint density at radius 2 is 2.11 bits per heavy atom. The summed E-state index contributed by atoms with van der Waals surface area (Å²) in [6.07, 6.45) is 1.68. The minimum atomic E-state index is -0.362. The van der Waals surface area contributed by atoms with Gasteiger partial charge in [0, 0.05) is 20.3 Å². The first-order valence-corrected chi connectivity index (χ1v) is 5.51. The third-order valence-corrected chi connectivity index (χ3v) is 2.40. The van der Waals surface area contributed by atoms with E-state index in [0.29, 0.717) is 0 Å². The van der Waals surface area contributed by atoms with Crippen LogP contribution < -0.4 is 11.1 Å². The van der Waals surface area contributed by atoms with Gasteiger partial charge in [-0.05, 0) is 19.1 Å². The van der Waals surface area contributed by atoms with Gasteiger partial charge in [0.15, 0.2) is 5.71 Å². The lowest BCUT2D eigenvalue weighted by Gasteiger charge is -2.13. The lowest BCUT2D eigenvalue weighted by atomic mass is 10.2. The normalized spacial score (nSPS) is 14.2. The van der Waals surface area contributed by atoms with Gasteiger partial charge < -0.3 is 11.1 Å². The second-order valence-electron chi connectivity index (χ2n) is 3.63. The second kappa shape index (κ2) is 6.48. The van der Waals surface area contributed by atoms with Crippen molar-refractivity contribution < 1.29 is 4.79 Å². The molecule has 0 unspecified atom stereocenters. The molecule has 0 bridgehead atoms. The summed E-state index contributed by atoms with van der Waals surface area (Å²) in [4.78, 5) is 23.7. The lowest BCUT2D eigenvalue weighted by Crippen LogP contribution is -2.40. The van der Waals surface area contributed by atoms with Crippen molar-refractivity contribution in [2.24, 2.45) is 15.7 Å². The summed E-state index contributed by atoms with van der Waals surface area (Å²) in [5.41, 5.74) is 6.48. The number of nitrogens with zero attached hydrogens (tertiary/aromatic N) is 3. The summed E-state index contributed by atoms with van der Waals surface area (Å²) in [7, 11) is 3.01. The topological polar surface area (TPSA) is 92.7 Å². The summed E-state index contributed by atoms with van der Waals surface area (Å²) < 4.78 is 0. The average Bonchev–Trinajstić information content (AvgIpc) is 2.40. The summed E-state index contributed by atoms with van der Waals surface area (Å²) in [5, 5.41) is 2.77. The van der Waals surface area contributed by atoms with Gasteiger partial charge in [0.1, 0.15) is 5.84 Å². The third kappa shape index (κ3) is 3.38. The smallest absolute Gasteiger partial charge is 0.273 e. The van der Waals surface area contributed by atoms with E-state index < -0.39 is 0 Å². The maximum atomic E-state index is 11.9. The summed E-state index contributed by atoms with van der Waals surface area (Å²) in [6, 6.07) is 5.30. The van der Waals surface area contributed by atoms with Crippen LogP contribution in [0.25, 0.3) is 0 Å². The first-order chi connectivity index (χ1) is 8.60. The number of amidine groups is 1. The van der Waals surface area contributed by atoms with Gasteiger partial charge in [0.2, 0.25) is 0 Å². The molecule has 1 rings (SSSR count). The van der Waals surface area contributed by atoms with Gasteiger partial charge in [-0.1, -0.05) is 6.07 Å². The van der Waals surface area contributed by atoms with Gasteiger partial charge in [-0.25, -0.2) is 0 Å². The van der Waals surface area contributed by atoms with Crippen LogP contribution in [0.5, 0.6) is 0 Å². The summed E-state index contributed by atoms with van der Waals surface area (Å²) >= 11 is 0. The number of hydrogen-bond donors (Lipinski definition) is 2. The van der Waals surface area contributed by atoms with Gasteiger partial charge in [0.05, 0.1) is 11.7 Å². The van der Waals surface area contributed by atoms with Gasteiger partial charge in [-0.3, -0.25) is 19.8 Å². The van der Waals surface area contributed by atoms with Crippen molar-refractivity contribution in [1.82, 2.24) is 10.3 Å². The fraction of sp³-hybridized carbons (Fsp3) is 0.333. The molecule has 0 spiro atoms. The molecule has 0 saturated carbocycles. The zero-order valence-electron chi connectivity index (χ0n) is 10.7. The molecule has 6 nitrogen and oxygen atoms in total. The zero-order chi connectivity index (χ0) is 13.5. The van der Waals surface area contributed by atoms with Crippen LogP contribution in [0.2, 0.25) is 0 Å². The van der Waals surface area contributed by atoms with E-state index in [1.807, 2.05) is 25.1 Å². The third-order valence-electron chi connectivity index (χ3n) is 2.40. The van der Waals surface area contributed by atoms with Gasteiger partial charge in [-0.2, -0.15) is 0 Å². The van der Waals surface area contributed by atoms with E-state index in [2.05, 4.69) is 20.3 Å². The standard InChI is InChI=1S/C12H17N5O/c1-8(9-6-4-5-7-16-9)17-12(18)10(14-2)11(13)15-3/h4-8H,1-3H3,(H2,13,15)(H,17,18)/b14-10+/t8-/m1/s1. The number of aromatic nitrogens is 1. The molecule has 1 atom stereocenters. The fourth-order valence-electron chi connectivity index (χ4n) is 1.41. The number of rotatable bonds is 4. The Kier molecular flexibility index (Phi) is 4.98. The molecule has 0 fully saturated rings. The molecule has 1 amide bonds. The Morgan fingerprint density at radius 1 is 1.39 bits per heavy atom. The number of nitrogens with two attached hydrogens (primary N) is 1. The molecule has 0 aliphatic heterocycles. The van der Waals surface area contributed by atoms with E-state index in [9.17, 15) is 4.79 Å². The van der Waals surface area contributed by atoms with E-state index in [1.165, 1.54) is 14.1 Å². The van der Waals surface area contributed by atoms with E-state index in [4.69, 9.17) is 5.73 Å². The quantitative estimate of drug-likeness (QED) is 0.592. The summed E-state index contributed by atoms with van der Waals surface area (Å²) in [5.74, 6) is -0.248. The molecule has 0 saturated heterocycles. The summed E-state index contributed by atoms with van der Waals surface area (Å²) in [6.45, 7) is 1.84.